The molecule has 4 nitrogen and oxygen atoms in total. The van der Waals surface area contributed by atoms with Gasteiger partial charge in [0.2, 0.25) is 0 Å². The predicted octanol–water partition coefficient (Wildman–Crippen LogP) is 2.44. The smallest absolute Gasteiger partial charge is 0.175 e. The monoisotopic (exact) mass is 270 g/mol. The van der Waals surface area contributed by atoms with Crippen LogP contribution in [0.25, 0.3) is 0 Å². The number of benzene rings is 1. The first kappa shape index (κ1) is 12.7. The van der Waals surface area contributed by atoms with E-state index in [4.69, 9.17) is 9.47 Å². The molecule has 2 aliphatic carbocycles. The summed E-state index contributed by atoms with van der Waals surface area (Å²) in [6, 6.07) is 3.32. The van der Waals surface area contributed by atoms with Crippen LogP contribution in [0.3, 0.4) is 0 Å². The summed E-state index contributed by atoms with van der Waals surface area (Å²) in [4.78, 5) is 25.3. The van der Waals surface area contributed by atoms with Gasteiger partial charge in [-0.2, -0.15) is 0 Å². The van der Waals surface area contributed by atoms with Crippen LogP contribution in [0.15, 0.2) is 36.4 Å². The summed E-state index contributed by atoms with van der Waals surface area (Å²) in [7, 11) is 2.98. The van der Waals surface area contributed by atoms with Crippen LogP contribution in [0.4, 0.5) is 0 Å². The molecule has 0 radical (unpaired) electrons. The average Bonchev–Trinajstić information content (AvgIpc) is 2.51. The molecule has 0 fully saturated rings. The molecule has 4 heteroatoms. The Balaban J connectivity index is 2.28. The van der Waals surface area contributed by atoms with E-state index in [1.165, 1.54) is 14.2 Å². The summed E-state index contributed by atoms with van der Waals surface area (Å²) in [5, 5.41) is 0. The van der Waals surface area contributed by atoms with E-state index in [0.717, 1.165) is 0 Å². The number of carbonyl (C=O) groups excluding carboxylic acids is 2. The van der Waals surface area contributed by atoms with Crippen LogP contribution >= 0.6 is 0 Å². The molecule has 0 heterocycles. The number of ketones is 2. The Kier molecular flexibility index (Phi) is 2.93. The second-order valence-electron chi connectivity index (χ2n) is 4.77. The normalized spacial score (nSPS) is 23.3. The fourth-order valence-electron chi connectivity index (χ4n) is 2.84. The van der Waals surface area contributed by atoms with Gasteiger partial charge in [0.05, 0.1) is 37.2 Å². The Hall–Kier alpha value is -2.36. The van der Waals surface area contributed by atoms with Crippen molar-refractivity contribution in [1.82, 2.24) is 0 Å². The van der Waals surface area contributed by atoms with Gasteiger partial charge in [-0.25, -0.2) is 0 Å². The van der Waals surface area contributed by atoms with Gasteiger partial charge in [-0.05, 0) is 12.1 Å². The van der Waals surface area contributed by atoms with Gasteiger partial charge in [-0.3, -0.25) is 9.59 Å². The van der Waals surface area contributed by atoms with E-state index in [0.29, 0.717) is 22.6 Å². The lowest BCUT2D eigenvalue weighted by atomic mass is 9.72. The van der Waals surface area contributed by atoms with Crippen LogP contribution in [0, 0.1) is 11.8 Å². The van der Waals surface area contributed by atoms with Crippen molar-refractivity contribution in [2.45, 2.75) is 0 Å². The first-order chi connectivity index (χ1) is 9.69. The van der Waals surface area contributed by atoms with Crippen molar-refractivity contribution in [3.8, 4) is 11.5 Å². The number of hydrogen-bond acceptors (Lipinski definition) is 4. The number of fused-ring (bicyclic) bond motifs is 2. The van der Waals surface area contributed by atoms with E-state index >= 15 is 0 Å². The molecule has 20 heavy (non-hydrogen) atoms. The highest BCUT2D eigenvalue weighted by Crippen LogP contribution is 2.41. The number of carbonyl (C=O) groups is 2. The van der Waals surface area contributed by atoms with Gasteiger partial charge in [-0.15, -0.1) is 0 Å². The average molecular weight is 270 g/mol. The van der Waals surface area contributed by atoms with Gasteiger partial charge >= 0.3 is 0 Å². The predicted molar refractivity (Wildman–Crippen MR) is 73.5 cm³/mol. The molecule has 0 saturated carbocycles. The fraction of sp³-hybridized carbons (Fsp3) is 0.250. The number of hydrogen-bond donors (Lipinski definition) is 0. The lowest BCUT2D eigenvalue weighted by molar-refractivity contribution is 0.0795. The molecule has 1 aromatic rings. The molecule has 0 aromatic heterocycles. The summed E-state index contributed by atoms with van der Waals surface area (Å²) in [6.07, 6.45) is 7.13. The van der Waals surface area contributed by atoms with E-state index in [1.54, 1.807) is 36.4 Å². The topological polar surface area (TPSA) is 52.6 Å². The summed E-state index contributed by atoms with van der Waals surface area (Å²) in [5.74, 6) is -0.245. The van der Waals surface area contributed by atoms with E-state index < -0.39 is 11.8 Å². The standard InChI is InChI=1S/C16H14O4/c1-19-11-7-8-12(20-2)14-13(11)15(17)9-5-3-4-6-10(9)16(14)18/h3-10H,1-2H3. The Bertz CT molecular complexity index is 598. The molecule has 0 amide bonds. The summed E-state index contributed by atoms with van der Waals surface area (Å²) < 4.78 is 10.5. The van der Waals surface area contributed by atoms with E-state index in [9.17, 15) is 9.59 Å². The maximum Gasteiger partial charge on any atom is 0.175 e. The zero-order chi connectivity index (χ0) is 14.3. The van der Waals surface area contributed by atoms with Gasteiger partial charge in [0.1, 0.15) is 11.5 Å². The summed E-state index contributed by atoms with van der Waals surface area (Å²) in [5.41, 5.74) is 0.663. The van der Waals surface area contributed by atoms with Gasteiger partial charge < -0.3 is 9.47 Å². The Morgan fingerprint density at radius 1 is 0.800 bits per heavy atom. The van der Waals surface area contributed by atoms with Crippen LogP contribution in [-0.4, -0.2) is 25.8 Å². The second-order valence-corrected chi connectivity index (χ2v) is 4.77. The Morgan fingerprint density at radius 2 is 1.20 bits per heavy atom. The highest BCUT2D eigenvalue weighted by atomic mass is 16.5. The molecule has 0 saturated heterocycles. The Labute approximate surface area is 116 Å². The van der Waals surface area contributed by atoms with Crippen molar-refractivity contribution in [3.05, 3.63) is 47.6 Å². The minimum absolute atomic E-state index is 0.0963. The quantitative estimate of drug-likeness (QED) is 0.828. The number of Topliss-reactive ketones (excluding diaryl/α,β-unsaturated/α-hetero) is 2. The minimum Gasteiger partial charge on any atom is -0.496 e. The molecule has 2 unspecified atom stereocenters. The zero-order valence-corrected chi connectivity index (χ0v) is 11.3. The number of ether oxygens (including phenoxy) is 2. The molecule has 3 rings (SSSR count). The van der Waals surface area contributed by atoms with E-state index in [1.807, 2.05) is 0 Å². The van der Waals surface area contributed by atoms with Crippen LogP contribution in [0.5, 0.6) is 11.5 Å². The van der Waals surface area contributed by atoms with E-state index in [2.05, 4.69) is 0 Å². The third-order valence-corrected chi connectivity index (χ3v) is 3.80. The molecule has 1 aromatic carbocycles. The van der Waals surface area contributed by atoms with Crippen molar-refractivity contribution in [2.75, 3.05) is 14.2 Å². The molecule has 0 aliphatic heterocycles. The third kappa shape index (κ3) is 1.61. The van der Waals surface area contributed by atoms with Crippen LogP contribution in [0.2, 0.25) is 0 Å². The van der Waals surface area contributed by atoms with Gasteiger partial charge in [0, 0.05) is 0 Å². The lowest BCUT2D eigenvalue weighted by Crippen LogP contribution is -2.36. The molecule has 0 spiro atoms. The molecule has 0 N–H and O–H groups in total. The van der Waals surface area contributed by atoms with Crippen LogP contribution < -0.4 is 9.47 Å². The van der Waals surface area contributed by atoms with Crippen LogP contribution in [0.1, 0.15) is 20.7 Å². The summed E-state index contributed by atoms with van der Waals surface area (Å²) in [6.45, 7) is 0. The summed E-state index contributed by atoms with van der Waals surface area (Å²) >= 11 is 0. The van der Waals surface area contributed by atoms with Crippen molar-refractivity contribution in [2.24, 2.45) is 11.8 Å². The molecule has 2 aliphatic rings. The molecule has 0 bridgehead atoms. The molecule has 102 valence electrons. The first-order valence-corrected chi connectivity index (χ1v) is 6.37. The highest BCUT2D eigenvalue weighted by Gasteiger charge is 2.42. The maximum absolute atomic E-state index is 12.7. The first-order valence-electron chi connectivity index (χ1n) is 6.37. The van der Waals surface area contributed by atoms with Gasteiger partial charge in [-0.1, -0.05) is 24.3 Å². The lowest BCUT2D eigenvalue weighted by Gasteiger charge is -2.30. The van der Waals surface area contributed by atoms with Crippen molar-refractivity contribution < 1.29 is 19.1 Å². The van der Waals surface area contributed by atoms with Crippen LogP contribution in [-0.2, 0) is 0 Å². The number of allylic oxidation sites excluding steroid dienone is 4. The third-order valence-electron chi connectivity index (χ3n) is 3.80. The van der Waals surface area contributed by atoms with Gasteiger partial charge in [0.25, 0.3) is 0 Å². The Morgan fingerprint density at radius 3 is 1.55 bits per heavy atom. The minimum atomic E-state index is -0.444. The van der Waals surface area contributed by atoms with Crippen molar-refractivity contribution in [1.29, 1.82) is 0 Å². The van der Waals surface area contributed by atoms with Crippen molar-refractivity contribution >= 4 is 11.6 Å². The van der Waals surface area contributed by atoms with Gasteiger partial charge in [0.15, 0.2) is 11.6 Å². The molecular formula is C16H14O4. The van der Waals surface area contributed by atoms with Crippen molar-refractivity contribution in [3.63, 3.8) is 0 Å². The largest absolute Gasteiger partial charge is 0.496 e. The maximum atomic E-state index is 12.7. The highest BCUT2D eigenvalue weighted by molar-refractivity contribution is 6.20. The molecule has 2 atom stereocenters. The zero-order valence-electron chi connectivity index (χ0n) is 11.3. The SMILES string of the molecule is COc1ccc(OC)c2c1C(=O)C1C=CC=CC1C2=O. The fourth-order valence-corrected chi connectivity index (χ4v) is 2.84. The number of methoxy groups -OCH3 is 2. The second kappa shape index (κ2) is 4.63. The molecular weight excluding hydrogens is 256 g/mol. The number of rotatable bonds is 2. The van der Waals surface area contributed by atoms with E-state index in [-0.39, 0.29) is 11.6 Å².